The van der Waals surface area contributed by atoms with Crippen LogP contribution < -0.4 is 4.90 Å². The third-order valence-corrected chi connectivity index (χ3v) is 4.75. The lowest BCUT2D eigenvalue weighted by Gasteiger charge is -2.29. The second-order valence-electron chi connectivity index (χ2n) is 6.30. The smallest absolute Gasteiger partial charge is 0.204 e. The number of aryl methyl sites for hydroxylation is 1. The fourth-order valence-electron chi connectivity index (χ4n) is 3.33. The highest BCUT2D eigenvalue weighted by Crippen LogP contribution is 2.40. The molecule has 0 spiro atoms. The van der Waals surface area contributed by atoms with Gasteiger partial charge in [0.2, 0.25) is 5.78 Å². The molecule has 5 nitrogen and oxygen atoms in total. The molecule has 6 heteroatoms. The highest BCUT2D eigenvalue weighted by molar-refractivity contribution is 6.28. The zero-order valence-corrected chi connectivity index (χ0v) is 13.5. The number of hydrogen-bond acceptors (Lipinski definition) is 5. The molecule has 4 rings (SSSR count). The summed E-state index contributed by atoms with van der Waals surface area (Å²) in [5.74, 6) is -0.764. The van der Waals surface area contributed by atoms with E-state index < -0.39 is 17.2 Å². The number of fused-ring (bicyclic) bond motifs is 2. The molecule has 2 aromatic carbocycles. The molecule has 0 radical (unpaired) electrons. The first kappa shape index (κ1) is 15.5. The van der Waals surface area contributed by atoms with Crippen LogP contribution in [0.4, 0.5) is 15.8 Å². The van der Waals surface area contributed by atoms with Crippen LogP contribution in [0.3, 0.4) is 0 Å². The van der Waals surface area contributed by atoms with E-state index in [0.29, 0.717) is 23.4 Å². The summed E-state index contributed by atoms with van der Waals surface area (Å²) in [7, 11) is 0. The van der Waals surface area contributed by atoms with Crippen molar-refractivity contribution in [3.05, 3.63) is 58.9 Å². The highest BCUT2D eigenvalue weighted by atomic mass is 19.1. The number of Topliss-reactive ketones (excluding diaryl/α,β-unsaturated/α-hetero) is 1. The molecule has 25 heavy (non-hydrogen) atoms. The summed E-state index contributed by atoms with van der Waals surface area (Å²) in [4.78, 5) is 19.0. The van der Waals surface area contributed by atoms with Crippen molar-refractivity contribution in [3.63, 3.8) is 0 Å². The highest BCUT2D eigenvalue weighted by Gasteiger charge is 2.52. The number of ketones is 1. The number of anilines is 1. The number of benzene rings is 2. The van der Waals surface area contributed by atoms with Gasteiger partial charge in [0, 0.05) is 24.2 Å². The molecule has 0 bridgehead atoms. The summed E-state index contributed by atoms with van der Waals surface area (Å²) in [6, 6.07) is 11.6. The minimum atomic E-state index is -1.75. The molecule has 124 valence electrons. The SMILES string of the molecule is Cc1cc2c(cc1F)C(=O)C1(O)CCN(c3ccc(C#N)cc3)C1=N2. The molecule has 1 N–H and O–H groups in total. The maximum absolute atomic E-state index is 13.8. The van der Waals surface area contributed by atoms with Crippen LogP contribution >= 0.6 is 0 Å². The minimum Gasteiger partial charge on any atom is -0.374 e. The first-order valence-corrected chi connectivity index (χ1v) is 7.88. The van der Waals surface area contributed by atoms with Gasteiger partial charge in [0.15, 0.2) is 5.60 Å². The van der Waals surface area contributed by atoms with Crippen molar-refractivity contribution in [2.24, 2.45) is 4.99 Å². The van der Waals surface area contributed by atoms with Crippen LogP contribution in [0.2, 0.25) is 0 Å². The summed E-state index contributed by atoms with van der Waals surface area (Å²) >= 11 is 0. The van der Waals surface area contributed by atoms with E-state index in [2.05, 4.69) is 11.1 Å². The predicted molar refractivity (Wildman–Crippen MR) is 90.6 cm³/mol. The van der Waals surface area contributed by atoms with Gasteiger partial charge in [0.25, 0.3) is 0 Å². The lowest BCUT2D eigenvalue weighted by Crippen LogP contribution is -2.48. The number of amidine groups is 1. The zero-order valence-electron chi connectivity index (χ0n) is 13.5. The minimum absolute atomic E-state index is 0.107. The molecule has 0 saturated carbocycles. The van der Waals surface area contributed by atoms with E-state index in [1.54, 1.807) is 36.1 Å². The molecule has 1 saturated heterocycles. The monoisotopic (exact) mass is 335 g/mol. The largest absolute Gasteiger partial charge is 0.374 e. The molecule has 2 heterocycles. The number of aliphatic hydroxyl groups is 1. The lowest BCUT2D eigenvalue weighted by atomic mass is 9.87. The van der Waals surface area contributed by atoms with E-state index in [-0.39, 0.29) is 17.8 Å². The Morgan fingerprint density at radius 2 is 2.04 bits per heavy atom. The third kappa shape index (κ3) is 2.17. The summed E-state index contributed by atoms with van der Waals surface area (Å²) in [5, 5.41) is 19.8. The fraction of sp³-hybridized carbons (Fsp3) is 0.211. The molecule has 0 aliphatic carbocycles. The number of nitrogens with zero attached hydrogens (tertiary/aromatic N) is 3. The second kappa shape index (κ2) is 5.23. The van der Waals surface area contributed by atoms with Gasteiger partial charge in [-0.2, -0.15) is 5.26 Å². The average molecular weight is 335 g/mol. The van der Waals surface area contributed by atoms with Crippen LogP contribution in [0, 0.1) is 24.1 Å². The van der Waals surface area contributed by atoms with Gasteiger partial charge in [-0.25, -0.2) is 9.38 Å². The van der Waals surface area contributed by atoms with Crippen molar-refractivity contribution in [3.8, 4) is 6.07 Å². The number of carbonyl (C=O) groups excluding carboxylic acids is 1. The Labute approximate surface area is 143 Å². The summed E-state index contributed by atoms with van der Waals surface area (Å²) < 4.78 is 13.8. The Hall–Kier alpha value is -3.04. The number of nitriles is 1. The van der Waals surface area contributed by atoms with Crippen molar-refractivity contribution in [2.45, 2.75) is 18.9 Å². The predicted octanol–water partition coefficient (Wildman–Crippen LogP) is 2.87. The maximum atomic E-state index is 13.8. The Kier molecular flexibility index (Phi) is 3.24. The Morgan fingerprint density at radius 1 is 1.32 bits per heavy atom. The molecule has 2 aliphatic rings. The van der Waals surface area contributed by atoms with E-state index in [4.69, 9.17) is 5.26 Å². The van der Waals surface area contributed by atoms with Crippen LogP contribution in [0.1, 0.15) is 27.9 Å². The Morgan fingerprint density at radius 3 is 2.72 bits per heavy atom. The van der Waals surface area contributed by atoms with Gasteiger partial charge in [-0.15, -0.1) is 0 Å². The van der Waals surface area contributed by atoms with E-state index in [0.717, 1.165) is 11.8 Å². The van der Waals surface area contributed by atoms with Gasteiger partial charge < -0.3 is 10.0 Å². The summed E-state index contributed by atoms with van der Waals surface area (Å²) in [6.45, 7) is 2.01. The average Bonchev–Trinajstić information content (AvgIpc) is 2.95. The molecule has 0 amide bonds. The van der Waals surface area contributed by atoms with E-state index in [9.17, 15) is 14.3 Å². The first-order valence-electron chi connectivity index (χ1n) is 7.88. The summed E-state index contributed by atoms with van der Waals surface area (Å²) in [6.07, 6.45) is 0.180. The lowest BCUT2D eigenvalue weighted by molar-refractivity contribution is 0.0601. The number of halogens is 1. The van der Waals surface area contributed by atoms with Gasteiger partial charge >= 0.3 is 0 Å². The second-order valence-corrected chi connectivity index (χ2v) is 6.30. The molecular weight excluding hydrogens is 321 g/mol. The number of aliphatic imine (C=N–C) groups is 1. The first-order chi connectivity index (χ1) is 11.9. The van der Waals surface area contributed by atoms with Crippen LogP contribution in [0.15, 0.2) is 41.4 Å². The van der Waals surface area contributed by atoms with Crippen molar-refractivity contribution >= 4 is 23.0 Å². The van der Waals surface area contributed by atoms with Crippen LogP contribution in [0.5, 0.6) is 0 Å². The zero-order chi connectivity index (χ0) is 17.8. The molecule has 1 fully saturated rings. The van der Waals surface area contributed by atoms with Gasteiger partial charge in [-0.05, 0) is 48.9 Å². The Bertz CT molecular complexity index is 975. The third-order valence-electron chi connectivity index (χ3n) is 4.75. The Balaban J connectivity index is 1.84. The number of rotatable bonds is 1. The number of carbonyl (C=O) groups is 1. The van der Waals surface area contributed by atoms with Crippen LogP contribution in [-0.2, 0) is 0 Å². The topological polar surface area (TPSA) is 76.7 Å². The van der Waals surface area contributed by atoms with Crippen LogP contribution in [0.25, 0.3) is 0 Å². The molecule has 2 aromatic rings. The van der Waals surface area contributed by atoms with Crippen molar-refractivity contribution in [1.29, 1.82) is 5.26 Å². The van der Waals surface area contributed by atoms with Crippen molar-refractivity contribution < 1.29 is 14.3 Å². The molecule has 2 aliphatic heterocycles. The van der Waals surface area contributed by atoms with Gasteiger partial charge in [-0.3, -0.25) is 4.79 Å². The molecule has 0 aromatic heterocycles. The van der Waals surface area contributed by atoms with Crippen molar-refractivity contribution in [2.75, 3.05) is 11.4 Å². The van der Waals surface area contributed by atoms with Gasteiger partial charge in [0.1, 0.15) is 11.7 Å². The quantitative estimate of drug-likeness (QED) is 0.869. The van der Waals surface area contributed by atoms with Gasteiger partial charge in [-0.1, -0.05) is 0 Å². The fourth-order valence-corrected chi connectivity index (χ4v) is 3.33. The standard InChI is InChI=1S/C19H14FN3O2/c1-11-8-16-14(9-15(11)20)17(24)19(25)6-7-23(18(19)22-16)13-4-2-12(10-21)3-5-13/h2-5,8-9,25H,6-7H2,1H3. The van der Waals surface area contributed by atoms with Crippen molar-refractivity contribution in [1.82, 2.24) is 0 Å². The normalized spacial score (nSPS) is 21.4. The van der Waals surface area contributed by atoms with E-state index >= 15 is 0 Å². The molecule has 1 unspecified atom stereocenters. The molecular formula is C19H14FN3O2. The number of hydrogen-bond donors (Lipinski definition) is 1. The maximum Gasteiger partial charge on any atom is 0.204 e. The van der Waals surface area contributed by atoms with E-state index in [1.165, 1.54) is 6.07 Å². The van der Waals surface area contributed by atoms with Crippen LogP contribution in [-0.4, -0.2) is 28.9 Å². The summed E-state index contributed by atoms with van der Waals surface area (Å²) in [5.41, 5.74) is 0.382. The van der Waals surface area contributed by atoms with E-state index in [1.807, 2.05) is 0 Å². The molecule has 1 atom stereocenters. The van der Waals surface area contributed by atoms with Gasteiger partial charge in [0.05, 0.1) is 17.3 Å².